The third-order valence-corrected chi connectivity index (χ3v) is 6.55. The Morgan fingerprint density at radius 3 is 2.45 bits per heavy atom. The fourth-order valence-electron chi connectivity index (χ4n) is 4.71. The minimum absolute atomic E-state index is 0.312. The number of nitrogens with one attached hydrogen (secondary N) is 1. The summed E-state index contributed by atoms with van der Waals surface area (Å²) >= 11 is 4.43. The van der Waals surface area contributed by atoms with E-state index in [4.69, 9.17) is 0 Å². The van der Waals surface area contributed by atoms with E-state index >= 15 is 0 Å². The summed E-state index contributed by atoms with van der Waals surface area (Å²) in [6.07, 6.45) is 12.9. The normalized spacial score (nSPS) is 41.9. The van der Waals surface area contributed by atoms with Crippen LogP contribution in [0.1, 0.15) is 64.2 Å². The quantitative estimate of drug-likeness (QED) is 0.762. The lowest BCUT2D eigenvalue weighted by Gasteiger charge is -2.41. The molecule has 0 bridgehead atoms. The largest absolute Gasteiger partial charge is 0.353 e. The number of piperidine rings is 1. The molecule has 3 rings (SSSR count). The Morgan fingerprint density at radius 2 is 1.70 bits per heavy atom. The molecule has 2 aliphatic carbocycles. The van der Waals surface area contributed by atoms with E-state index in [1.165, 1.54) is 57.8 Å². The minimum Gasteiger partial charge on any atom is -0.353 e. The maximum absolute atomic E-state index is 12.3. The zero-order valence-electron chi connectivity index (χ0n) is 12.5. The van der Waals surface area contributed by atoms with E-state index in [1.54, 1.807) is 0 Å². The summed E-state index contributed by atoms with van der Waals surface area (Å²) in [6.45, 7) is 0. The average Bonchev–Trinajstić information content (AvgIpc) is 2.49. The van der Waals surface area contributed by atoms with E-state index in [-0.39, 0.29) is 0 Å². The Labute approximate surface area is 128 Å². The van der Waals surface area contributed by atoms with E-state index in [1.807, 2.05) is 0 Å². The monoisotopic (exact) mass is 295 g/mol. The van der Waals surface area contributed by atoms with Crippen molar-refractivity contribution < 1.29 is 4.79 Å². The van der Waals surface area contributed by atoms with Crippen LogP contribution in [0.4, 0.5) is 0 Å². The molecule has 0 aromatic heterocycles. The van der Waals surface area contributed by atoms with Crippen LogP contribution in [0.5, 0.6) is 0 Å². The van der Waals surface area contributed by atoms with Crippen molar-refractivity contribution in [1.29, 1.82) is 0 Å². The van der Waals surface area contributed by atoms with Crippen LogP contribution in [-0.4, -0.2) is 17.7 Å². The Morgan fingerprint density at radius 1 is 1.00 bits per heavy atom. The van der Waals surface area contributed by atoms with Crippen molar-refractivity contribution in [3.8, 4) is 0 Å². The first-order chi connectivity index (χ1) is 9.76. The molecule has 2 saturated carbocycles. The van der Waals surface area contributed by atoms with E-state index in [0.29, 0.717) is 17.9 Å². The molecule has 0 aromatic rings. The van der Waals surface area contributed by atoms with Gasteiger partial charge >= 0.3 is 0 Å². The molecular weight excluding hydrogens is 266 g/mol. The van der Waals surface area contributed by atoms with Crippen molar-refractivity contribution in [1.82, 2.24) is 5.32 Å². The van der Waals surface area contributed by atoms with Crippen molar-refractivity contribution in [3.05, 3.63) is 0 Å². The maximum atomic E-state index is 12.3. The zero-order chi connectivity index (χ0) is 13.9. The Balaban J connectivity index is 1.51. The van der Waals surface area contributed by atoms with Gasteiger partial charge in [0.05, 0.1) is 0 Å². The molecular formula is C17H29NOS. The summed E-state index contributed by atoms with van der Waals surface area (Å²) in [4.78, 5) is 12.3. The third kappa shape index (κ3) is 3.35. The van der Waals surface area contributed by atoms with Crippen molar-refractivity contribution in [2.24, 2.45) is 23.7 Å². The van der Waals surface area contributed by atoms with Crippen molar-refractivity contribution in [3.63, 3.8) is 0 Å². The van der Waals surface area contributed by atoms with Gasteiger partial charge < -0.3 is 5.32 Å². The second-order valence-electron chi connectivity index (χ2n) is 7.40. The van der Waals surface area contributed by atoms with Gasteiger partial charge in [-0.3, -0.25) is 4.79 Å². The molecule has 1 N–H and O–H groups in total. The van der Waals surface area contributed by atoms with E-state index in [9.17, 15) is 4.79 Å². The Kier molecular flexibility index (Phi) is 4.95. The molecule has 0 radical (unpaired) electrons. The van der Waals surface area contributed by atoms with Crippen LogP contribution >= 0.6 is 12.6 Å². The van der Waals surface area contributed by atoms with Crippen LogP contribution in [0.3, 0.4) is 0 Å². The second-order valence-corrected chi connectivity index (χ2v) is 7.76. The summed E-state index contributed by atoms with van der Waals surface area (Å²) in [5.74, 6) is 4.12. The van der Waals surface area contributed by atoms with Gasteiger partial charge in [-0.05, 0) is 62.0 Å². The van der Waals surface area contributed by atoms with Gasteiger partial charge in [0.2, 0.25) is 5.91 Å². The van der Waals surface area contributed by atoms with Gasteiger partial charge in [0.15, 0.2) is 0 Å². The highest BCUT2D eigenvalue weighted by Gasteiger charge is 2.37. The number of hydrogen-bond donors (Lipinski definition) is 2. The smallest absolute Gasteiger partial charge is 0.223 e. The van der Waals surface area contributed by atoms with Crippen molar-refractivity contribution in [2.75, 3.05) is 5.75 Å². The predicted molar refractivity (Wildman–Crippen MR) is 85.9 cm³/mol. The lowest BCUT2D eigenvalue weighted by Crippen LogP contribution is -2.51. The molecule has 0 spiro atoms. The standard InChI is InChI=1S/C17H29NOS/c19-17-15(9-12-5-7-13(11-20)8-6-12)10-14-3-1-2-4-16(14)18-17/h12-16,20H,1-11H2,(H,18,19). The maximum Gasteiger partial charge on any atom is 0.223 e. The number of fused-ring (bicyclic) bond motifs is 1. The first-order valence-electron chi connectivity index (χ1n) is 8.67. The average molecular weight is 295 g/mol. The molecule has 20 heavy (non-hydrogen) atoms. The molecule has 1 aliphatic heterocycles. The van der Waals surface area contributed by atoms with Crippen LogP contribution < -0.4 is 5.32 Å². The first kappa shape index (κ1) is 14.7. The fraction of sp³-hybridized carbons (Fsp3) is 0.941. The molecule has 1 saturated heterocycles. The van der Waals surface area contributed by atoms with Crippen LogP contribution in [0.15, 0.2) is 0 Å². The molecule has 3 fully saturated rings. The molecule has 2 nitrogen and oxygen atoms in total. The van der Waals surface area contributed by atoms with Gasteiger partial charge in [-0.15, -0.1) is 0 Å². The van der Waals surface area contributed by atoms with Crippen LogP contribution in [0, 0.1) is 23.7 Å². The number of rotatable bonds is 3. The molecule has 0 aromatic carbocycles. The minimum atomic E-state index is 0.312. The van der Waals surface area contributed by atoms with E-state index in [0.717, 1.165) is 29.9 Å². The molecule has 3 atom stereocenters. The number of carbonyl (C=O) groups excluding carboxylic acids is 1. The highest BCUT2D eigenvalue weighted by atomic mass is 32.1. The topological polar surface area (TPSA) is 29.1 Å². The zero-order valence-corrected chi connectivity index (χ0v) is 13.4. The van der Waals surface area contributed by atoms with Gasteiger partial charge in [0.1, 0.15) is 0 Å². The summed E-state index contributed by atoms with van der Waals surface area (Å²) < 4.78 is 0. The van der Waals surface area contributed by atoms with Crippen LogP contribution in [0.25, 0.3) is 0 Å². The molecule has 3 unspecified atom stereocenters. The lowest BCUT2D eigenvalue weighted by molar-refractivity contribution is -0.130. The summed E-state index contributed by atoms with van der Waals surface area (Å²) in [6, 6.07) is 0.507. The summed E-state index contributed by atoms with van der Waals surface area (Å²) in [7, 11) is 0. The molecule has 1 heterocycles. The van der Waals surface area contributed by atoms with E-state index in [2.05, 4.69) is 17.9 Å². The molecule has 114 valence electrons. The van der Waals surface area contributed by atoms with Crippen molar-refractivity contribution in [2.45, 2.75) is 70.3 Å². The van der Waals surface area contributed by atoms with Gasteiger partial charge in [0.25, 0.3) is 0 Å². The van der Waals surface area contributed by atoms with E-state index < -0.39 is 0 Å². The SMILES string of the molecule is O=C1NC2CCCCC2CC1CC1CCC(CS)CC1. The Hall–Kier alpha value is -0.180. The number of carbonyl (C=O) groups is 1. The second kappa shape index (κ2) is 6.72. The first-order valence-corrected chi connectivity index (χ1v) is 9.30. The lowest BCUT2D eigenvalue weighted by atomic mass is 9.71. The number of thiol groups is 1. The fourth-order valence-corrected chi connectivity index (χ4v) is 5.07. The van der Waals surface area contributed by atoms with Gasteiger partial charge in [-0.25, -0.2) is 0 Å². The predicted octanol–water partition coefficient (Wildman–Crippen LogP) is 3.81. The number of hydrogen-bond acceptors (Lipinski definition) is 2. The summed E-state index contributed by atoms with van der Waals surface area (Å²) in [5, 5.41) is 3.33. The van der Waals surface area contributed by atoms with Crippen LogP contribution in [-0.2, 0) is 4.79 Å². The van der Waals surface area contributed by atoms with Crippen molar-refractivity contribution >= 4 is 18.5 Å². The third-order valence-electron chi connectivity index (χ3n) is 6.04. The molecule has 1 amide bonds. The number of amides is 1. The van der Waals surface area contributed by atoms with Gasteiger partial charge in [0, 0.05) is 12.0 Å². The highest BCUT2D eigenvalue weighted by Crippen LogP contribution is 2.39. The molecule has 3 aliphatic rings. The van der Waals surface area contributed by atoms with Gasteiger partial charge in [-0.2, -0.15) is 12.6 Å². The summed E-state index contributed by atoms with van der Waals surface area (Å²) in [5.41, 5.74) is 0. The van der Waals surface area contributed by atoms with Crippen LogP contribution in [0.2, 0.25) is 0 Å². The highest BCUT2D eigenvalue weighted by molar-refractivity contribution is 7.80. The Bertz CT molecular complexity index is 338. The van der Waals surface area contributed by atoms with Gasteiger partial charge in [-0.1, -0.05) is 25.7 Å². The molecule has 3 heteroatoms.